The highest BCUT2D eigenvalue weighted by Crippen LogP contribution is 2.12. The molecule has 0 aromatic heterocycles. The zero-order valence-corrected chi connectivity index (χ0v) is 7.93. The molecule has 0 aliphatic heterocycles. The Morgan fingerprint density at radius 1 is 1.62 bits per heavy atom. The van der Waals surface area contributed by atoms with E-state index in [2.05, 4.69) is 0 Å². The molecule has 13 heavy (non-hydrogen) atoms. The first kappa shape index (κ1) is 9.76. The third kappa shape index (κ3) is 2.57. The van der Waals surface area contributed by atoms with Gasteiger partial charge in [0.15, 0.2) is 0 Å². The molecular formula is C10H8ClNO. The predicted octanol–water partition coefficient (Wildman–Crippen LogP) is 2.17. The van der Waals surface area contributed by atoms with Gasteiger partial charge in [0.25, 0.3) is 0 Å². The number of halogens is 1. The van der Waals surface area contributed by atoms with E-state index in [0.29, 0.717) is 5.56 Å². The van der Waals surface area contributed by atoms with Crippen molar-refractivity contribution in [2.24, 2.45) is 0 Å². The van der Waals surface area contributed by atoms with Crippen molar-refractivity contribution in [1.82, 2.24) is 0 Å². The minimum absolute atomic E-state index is 0.183. The predicted molar refractivity (Wildman–Crippen MR) is 50.5 cm³/mol. The zero-order chi connectivity index (χ0) is 9.84. The van der Waals surface area contributed by atoms with Gasteiger partial charge in [0.1, 0.15) is 0 Å². The van der Waals surface area contributed by atoms with Crippen molar-refractivity contribution in [3.63, 3.8) is 0 Å². The highest BCUT2D eigenvalue weighted by Gasteiger charge is 2.03. The molecule has 0 saturated carbocycles. The Balaban J connectivity index is 3.05. The Hall–Kier alpha value is -1.33. The van der Waals surface area contributed by atoms with E-state index in [1.165, 1.54) is 0 Å². The number of aryl methyl sites for hydroxylation is 1. The quantitative estimate of drug-likeness (QED) is 0.676. The lowest BCUT2D eigenvalue weighted by atomic mass is 10.0. The van der Waals surface area contributed by atoms with E-state index in [-0.39, 0.29) is 6.42 Å². The first-order chi connectivity index (χ1) is 6.13. The van der Waals surface area contributed by atoms with Gasteiger partial charge >= 0.3 is 0 Å². The first-order valence-corrected chi connectivity index (χ1v) is 4.19. The molecule has 66 valence electrons. The van der Waals surface area contributed by atoms with E-state index in [0.717, 1.165) is 11.1 Å². The van der Waals surface area contributed by atoms with Crippen LogP contribution in [0.15, 0.2) is 18.2 Å². The Kier molecular flexibility index (Phi) is 3.05. The van der Waals surface area contributed by atoms with Gasteiger partial charge < -0.3 is 0 Å². The molecule has 0 fully saturated rings. The molecular weight excluding hydrogens is 186 g/mol. The number of nitriles is 1. The minimum Gasteiger partial charge on any atom is -0.281 e. The van der Waals surface area contributed by atoms with E-state index >= 15 is 0 Å². The maximum atomic E-state index is 10.6. The fourth-order valence-electron chi connectivity index (χ4n) is 1.08. The average Bonchev–Trinajstić information content (AvgIpc) is 2.08. The molecule has 0 radical (unpaired) electrons. The number of hydrogen-bond acceptors (Lipinski definition) is 2. The molecule has 0 unspecified atom stereocenters. The largest absolute Gasteiger partial charge is 0.281 e. The van der Waals surface area contributed by atoms with Crippen molar-refractivity contribution >= 4 is 16.8 Å². The number of benzene rings is 1. The van der Waals surface area contributed by atoms with Gasteiger partial charge in [-0.15, -0.1) is 0 Å². The molecule has 0 amide bonds. The molecule has 1 aromatic carbocycles. The van der Waals surface area contributed by atoms with E-state index in [9.17, 15) is 4.79 Å². The Morgan fingerprint density at radius 2 is 2.31 bits per heavy atom. The van der Waals surface area contributed by atoms with Crippen LogP contribution >= 0.6 is 11.6 Å². The van der Waals surface area contributed by atoms with Crippen LogP contribution in [0.5, 0.6) is 0 Å². The molecule has 0 saturated heterocycles. The number of hydrogen-bond donors (Lipinski definition) is 0. The van der Waals surface area contributed by atoms with Crippen molar-refractivity contribution < 1.29 is 4.79 Å². The van der Waals surface area contributed by atoms with Gasteiger partial charge in [-0.1, -0.05) is 6.07 Å². The molecule has 3 heteroatoms. The fourth-order valence-corrected chi connectivity index (χ4v) is 1.23. The molecule has 0 bridgehead atoms. The van der Waals surface area contributed by atoms with Crippen LogP contribution in [-0.2, 0) is 11.2 Å². The van der Waals surface area contributed by atoms with Crippen LogP contribution in [0.3, 0.4) is 0 Å². The third-order valence-electron chi connectivity index (χ3n) is 1.81. The summed E-state index contributed by atoms with van der Waals surface area (Å²) in [5, 5.41) is 8.21. The summed E-state index contributed by atoms with van der Waals surface area (Å²) in [4.78, 5) is 10.6. The summed E-state index contributed by atoms with van der Waals surface area (Å²) < 4.78 is 0. The molecule has 0 N–H and O–H groups in total. The van der Waals surface area contributed by atoms with Gasteiger partial charge in [-0.2, -0.15) is 5.26 Å². The first-order valence-electron chi connectivity index (χ1n) is 3.81. The minimum atomic E-state index is -0.404. The molecule has 0 aliphatic rings. The zero-order valence-electron chi connectivity index (χ0n) is 7.17. The summed E-state index contributed by atoms with van der Waals surface area (Å²) >= 11 is 5.26. The number of carbonyl (C=O) groups excluding carboxylic acids is 1. The summed E-state index contributed by atoms with van der Waals surface area (Å²) in [6, 6.07) is 7.24. The van der Waals surface area contributed by atoms with Gasteiger partial charge in [-0.25, -0.2) is 0 Å². The van der Waals surface area contributed by atoms with Crippen LogP contribution in [0, 0.1) is 18.3 Å². The Bertz CT molecular complexity index is 379. The van der Waals surface area contributed by atoms with E-state index < -0.39 is 5.24 Å². The topological polar surface area (TPSA) is 40.9 Å². The molecule has 2 nitrogen and oxygen atoms in total. The standard InChI is InChI=1S/C10H8ClNO/c1-7-2-3-8(6-12)4-9(7)5-10(11)13/h2-4H,5H2,1H3. The monoisotopic (exact) mass is 193 g/mol. The molecule has 0 aliphatic carbocycles. The number of carbonyl (C=O) groups is 1. The van der Waals surface area contributed by atoms with Crippen LogP contribution in [0.1, 0.15) is 16.7 Å². The van der Waals surface area contributed by atoms with E-state index in [4.69, 9.17) is 16.9 Å². The third-order valence-corrected chi connectivity index (χ3v) is 1.94. The summed E-state index contributed by atoms with van der Waals surface area (Å²) in [7, 11) is 0. The van der Waals surface area contributed by atoms with Crippen molar-refractivity contribution in [3.8, 4) is 6.07 Å². The maximum absolute atomic E-state index is 10.6. The molecule has 0 atom stereocenters. The van der Waals surface area contributed by atoms with E-state index in [1.807, 2.05) is 19.1 Å². The Morgan fingerprint density at radius 3 is 2.85 bits per heavy atom. The van der Waals surface area contributed by atoms with Crippen LogP contribution < -0.4 is 0 Å². The average molecular weight is 194 g/mol. The lowest BCUT2D eigenvalue weighted by Crippen LogP contribution is -1.96. The van der Waals surface area contributed by atoms with Crippen LogP contribution in [0.25, 0.3) is 0 Å². The second kappa shape index (κ2) is 4.06. The normalized spacial score (nSPS) is 9.31. The van der Waals surface area contributed by atoms with Gasteiger partial charge in [-0.05, 0) is 41.8 Å². The molecule has 1 rings (SSSR count). The Labute approximate surface area is 81.7 Å². The van der Waals surface area contributed by atoms with Gasteiger partial charge in [0, 0.05) is 6.42 Å². The fraction of sp³-hybridized carbons (Fsp3) is 0.200. The summed E-state index contributed by atoms with van der Waals surface area (Å²) in [6.45, 7) is 1.89. The van der Waals surface area contributed by atoms with E-state index in [1.54, 1.807) is 12.1 Å². The molecule has 1 aromatic rings. The SMILES string of the molecule is Cc1ccc(C#N)cc1CC(=O)Cl. The second-order valence-electron chi connectivity index (χ2n) is 2.78. The molecule has 0 heterocycles. The highest BCUT2D eigenvalue weighted by molar-refractivity contribution is 6.63. The van der Waals surface area contributed by atoms with Crippen LogP contribution in [0.4, 0.5) is 0 Å². The highest BCUT2D eigenvalue weighted by atomic mass is 35.5. The van der Waals surface area contributed by atoms with Gasteiger partial charge in [-0.3, -0.25) is 4.79 Å². The lowest BCUT2D eigenvalue weighted by molar-refractivity contribution is -0.111. The molecule has 0 spiro atoms. The van der Waals surface area contributed by atoms with Gasteiger partial charge in [0.2, 0.25) is 5.24 Å². The lowest BCUT2D eigenvalue weighted by Gasteiger charge is -2.02. The summed E-state index contributed by atoms with van der Waals surface area (Å²) in [5.74, 6) is 0. The summed E-state index contributed by atoms with van der Waals surface area (Å²) in [6.07, 6.45) is 0.183. The smallest absolute Gasteiger partial charge is 0.226 e. The van der Waals surface area contributed by atoms with Crippen molar-refractivity contribution in [1.29, 1.82) is 5.26 Å². The van der Waals surface area contributed by atoms with Crippen LogP contribution in [-0.4, -0.2) is 5.24 Å². The van der Waals surface area contributed by atoms with Gasteiger partial charge in [0.05, 0.1) is 11.6 Å². The second-order valence-corrected chi connectivity index (χ2v) is 3.21. The van der Waals surface area contributed by atoms with Crippen molar-refractivity contribution in [3.05, 3.63) is 34.9 Å². The summed E-state index contributed by atoms with van der Waals surface area (Å²) in [5.41, 5.74) is 2.35. The van der Waals surface area contributed by atoms with Crippen LogP contribution in [0.2, 0.25) is 0 Å². The van der Waals surface area contributed by atoms with Crippen molar-refractivity contribution in [2.45, 2.75) is 13.3 Å². The number of nitrogens with zero attached hydrogens (tertiary/aromatic N) is 1. The maximum Gasteiger partial charge on any atom is 0.226 e. The van der Waals surface area contributed by atoms with Crippen molar-refractivity contribution in [2.75, 3.05) is 0 Å². The number of rotatable bonds is 2.